The first kappa shape index (κ1) is 19.4. The zero-order valence-electron chi connectivity index (χ0n) is 15.2. The van der Waals surface area contributed by atoms with Gasteiger partial charge in [0.25, 0.3) is 0 Å². The molecule has 0 saturated heterocycles. The van der Waals surface area contributed by atoms with Gasteiger partial charge in [0.05, 0.1) is 12.7 Å². The number of carbonyl (C=O) groups excluding carboxylic acids is 1. The molecular formula is C18H26N4O2. The van der Waals surface area contributed by atoms with Crippen molar-refractivity contribution in [2.24, 2.45) is 0 Å². The van der Waals surface area contributed by atoms with Gasteiger partial charge < -0.3 is 9.64 Å². The van der Waals surface area contributed by atoms with E-state index in [4.69, 9.17) is 4.74 Å². The molecule has 130 valence electrons. The van der Waals surface area contributed by atoms with Crippen molar-refractivity contribution >= 4 is 5.97 Å². The van der Waals surface area contributed by atoms with Gasteiger partial charge in [-0.25, -0.2) is 9.48 Å². The molecule has 6 heteroatoms. The van der Waals surface area contributed by atoms with Gasteiger partial charge in [-0.2, -0.15) is 0 Å². The number of carbonyl (C=O) groups is 1. The lowest BCUT2D eigenvalue weighted by Gasteiger charge is -2.18. The van der Waals surface area contributed by atoms with Crippen molar-refractivity contribution in [3.05, 3.63) is 60.9 Å². The first-order valence-electron chi connectivity index (χ1n) is 7.60. The molecule has 0 aliphatic heterocycles. The Morgan fingerprint density at radius 3 is 2.46 bits per heavy atom. The number of hydrogen-bond acceptors (Lipinski definition) is 5. The van der Waals surface area contributed by atoms with Crippen molar-refractivity contribution in [2.75, 3.05) is 0 Å². The number of hydrogen-bond donors (Lipinski definition) is 0. The third kappa shape index (κ3) is 5.87. The molecule has 0 spiro atoms. The maximum atomic E-state index is 12.0. The average Bonchev–Trinajstić information content (AvgIpc) is 2.89. The molecule has 1 rings (SSSR count). The Bertz CT molecular complexity index is 677. The number of ether oxygens (including phenoxy) is 1. The highest BCUT2D eigenvalue weighted by molar-refractivity contribution is 5.87. The molecular weight excluding hydrogens is 304 g/mol. The summed E-state index contributed by atoms with van der Waals surface area (Å²) in [5.74, 6) is -0.496. The summed E-state index contributed by atoms with van der Waals surface area (Å²) in [5.41, 5.74) is 2.22. The van der Waals surface area contributed by atoms with Crippen LogP contribution in [0.15, 0.2) is 55.2 Å². The molecule has 6 nitrogen and oxygen atoms in total. The summed E-state index contributed by atoms with van der Waals surface area (Å²) in [6.45, 7) is 21.2. The largest absolute Gasteiger partial charge is 0.455 e. The van der Waals surface area contributed by atoms with Crippen LogP contribution in [0.3, 0.4) is 0 Å². The fourth-order valence-electron chi connectivity index (χ4n) is 1.75. The normalized spacial score (nSPS) is 11.8. The van der Waals surface area contributed by atoms with Crippen molar-refractivity contribution in [1.29, 1.82) is 0 Å². The topological polar surface area (TPSA) is 60.2 Å². The molecule has 1 aromatic rings. The number of aromatic nitrogens is 3. The third-order valence-corrected chi connectivity index (χ3v) is 2.96. The lowest BCUT2D eigenvalue weighted by Crippen LogP contribution is -2.24. The van der Waals surface area contributed by atoms with Crippen molar-refractivity contribution < 1.29 is 9.53 Å². The molecule has 1 heterocycles. The lowest BCUT2D eigenvalue weighted by atomic mass is 10.1. The van der Waals surface area contributed by atoms with E-state index in [0.29, 0.717) is 6.54 Å². The Hall–Kier alpha value is -2.63. The summed E-state index contributed by atoms with van der Waals surface area (Å²) < 4.78 is 6.85. The van der Waals surface area contributed by atoms with Crippen LogP contribution in [0.25, 0.3) is 0 Å². The fourth-order valence-corrected chi connectivity index (χ4v) is 1.75. The molecule has 0 fully saturated rings. The van der Waals surface area contributed by atoms with Gasteiger partial charge in [0.1, 0.15) is 5.60 Å². The third-order valence-electron chi connectivity index (χ3n) is 2.96. The maximum Gasteiger partial charge on any atom is 0.361 e. The quantitative estimate of drug-likeness (QED) is 0.564. The van der Waals surface area contributed by atoms with Crippen LogP contribution in [0.2, 0.25) is 0 Å². The van der Waals surface area contributed by atoms with Gasteiger partial charge in [-0.1, -0.05) is 30.5 Å². The van der Waals surface area contributed by atoms with E-state index in [9.17, 15) is 4.79 Å². The van der Waals surface area contributed by atoms with E-state index in [1.807, 2.05) is 20.0 Å². The predicted octanol–water partition coefficient (Wildman–Crippen LogP) is 3.67. The minimum Gasteiger partial charge on any atom is -0.455 e. The van der Waals surface area contributed by atoms with Gasteiger partial charge >= 0.3 is 5.97 Å². The van der Waals surface area contributed by atoms with Crippen LogP contribution in [-0.2, 0) is 11.3 Å². The van der Waals surface area contributed by atoms with Crippen LogP contribution in [0.5, 0.6) is 0 Å². The summed E-state index contributed by atoms with van der Waals surface area (Å²) in [6, 6.07) is 0. The van der Waals surface area contributed by atoms with Crippen molar-refractivity contribution in [1.82, 2.24) is 19.9 Å². The molecule has 0 bridgehead atoms. The number of esters is 1. The van der Waals surface area contributed by atoms with E-state index in [1.165, 1.54) is 0 Å². The van der Waals surface area contributed by atoms with Crippen LogP contribution in [-0.4, -0.2) is 31.5 Å². The molecule has 0 atom stereocenters. The van der Waals surface area contributed by atoms with E-state index in [2.05, 4.69) is 30.0 Å². The lowest BCUT2D eigenvalue weighted by molar-refractivity contribution is 0.00627. The standard InChI is InChI=1S/C18H26N4O2/c1-9-21(14(4)5)10-15(13(2)3)11-22-12-16(19-20-22)17(23)24-18(6,7)8/h9-10,12H,1-2,4,11H2,3,5-8H3/b15-10-. The van der Waals surface area contributed by atoms with Crippen LogP contribution in [0.4, 0.5) is 0 Å². The first-order chi connectivity index (χ1) is 11.0. The van der Waals surface area contributed by atoms with Crippen LogP contribution in [0, 0.1) is 0 Å². The molecule has 0 radical (unpaired) electrons. The summed E-state index contributed by atoms with van der Waals surface area (Å²) >= 11 is 0. The summed E-state index contributed by atoms with van der Waals surface area (Å²) in [6.07, 6.45) is 5.11. The zero-order valence-corrected chi connectivity index (χ0v) is 15.2. The predicted molar refractivity (Wildman–Crippen MR) is 94.9 cm³/mol. The van der Waals surface area contributed by atoms with E-state index in [1.54, 1.807) is 42.7 Å². The van der Waals surface area contributed by atoms with E-state index in [0.717, 1.165) is 16.8 Å². The van der Waals surface area contributed by atoms with Crippen LogP contribution < -0.4 is 0 Å². The SMILES string of the molecule is C=CN(/C=C(/Cn1cc(C(=O)OC(C)(C)C)nn1)C(=C)C)C(=C)C. The van der Waals surface area contributed by atoms with E-state index in [-0.39, 0.29) is 5.69 Å². The van der Waals surface area contributed by atoms with Gasteiger partial charge in [0.2, 0.25) is 0 Å². The molecule has 0 N–H and O–H groups in total. The second kappa shape index (κ2) is 7.77. The number of nitrogens with zero attached hydrogens (tertiary/aromatic N) is 4. The van der Waals surface area contributed by atoms with Crippen molar-refractivity contribution in [2.45, 2.75) is 46.8 Å². The molecule has 24 heavy (non-hydrogen) atoms. The molecule has 1 aromatic heterocycles. The Kier molecular flexibility index (Phi) is 6.28. The van der Waals surface area contributed by atoms with Gasteiger partial charge in [0.15, 0.2) is 5.69 Å². The minimum atomic E-state index is -0.574. The fraction of sp³-hybridized carbons (Fsp3) is 0.389. The highest BCUT2D eigenvalue weighted by Gasteiger charge is 2.20. The Morgan fingerprint density at radius 2 is 2.00 bits per heavy atom. The Morgan fingerprint density at radius 1 is 1.38 bits per heavy atom. The number of rotatable bonds is 7. The van der Waals surface area contributed by atoms with Crippen molar-refractivity contribution in [3.8, 4) is 0 Å². The molecule has 0 aromatic carbocycles. The van der Waals surface area contributed by atoms with Crippen LogP contribution in [0.1, 0.15) is 45.1 Å². The maximum absolute atomic E-state index is 12.0. The van der Waals surface area contributed by atoms with Gasteiger partial charge in [0, 0.05) is 18.1 Å². The highest BCUT2D eigenvalue weighted by atomic mass is 16.6. The molecule has 0 amide bonds. The summed E-state index contributed by atoms with van der Waals surface area (Å²) in [7, 11) is 0. The van der Waals surface area contributed by atoms with E-state index < -0.39 is 11.6 Å². The summed E-state index contributed by atoms with van der Waals surface area (Å²) in [4.78, 5) is 13.8. The molecule has 0 unspecified atom stereocenters. The number of allylic oxidation sites excluding steroid dienone is 3. The average molecular weight is 330 g/mol. The second-order valence-electron chi connectivity index (χ2n) is 6.56. The molecule has 0 saturated carbocycles. The van der Waals surface area contributed by atoms with Crippen LogP contribution >= 0.6 is 0 Å². The minimum absolute atomic E-state index is 0.173. The molecule has 0 aliphatic rings. The zero-order chi connectivity index (χ0) is 18.5. The van der Waals surface area contributed by atoms with Gasteiger partial charge in [-0.3, -0.25) is 0 Å². The first-order valence-corrected chi connectivity index (χ1v) is 7.60. The smallest absolute Gasteiger partial charge is 0.361 e. The second-order valence-corrected chi connectivity index (χ2v) is 6.56. The molecule has 0 aliphatic carbocycles. The van der Waals surface area contributed by atoms with Crippen molar-refractivity contribution in [3.63, 3.8) is 0 Å². The van der Waals surface area contributed by atoms with Gasteiger partial charge in [-0.05, 0) is 40.2 Å². The monoisotopic (exact) mass is 330 g/mol. The van der Waals surface area contributed by atoms with Gasteiger partial charge in [-0.15, -0.1) is 5.10 Å². The summed E-state index contributed by atoms with van der Waals surface area (Å²) in [5, 5.41) is 7.86. The Labute approximate surface area is 143 Å². The highest BCUT2D eigenvalue weighted by Crippen LogP contribution is 2.15. The Balaban J connectivity index is 2.96. The van der Waals surface area contributed by atoms with E-state index >= 15 is 0 Å².